The Morgan fingerprint density at radius 2 is 1.82 bits per heavy atom. The van der Waals surface area contributed by atoms with Crippen LogP contribution in [0.5, 0.6) is 0 Å². The molecule has 3 rings (SSSR count). The van der Waals surface area contributed by atoms with Crippen LogP contribution in [0.15, 0.2) is 59.6 Å². The Morgan fingerprint density at radius 1 is 1.11 bits per heavy atom. The fourth-order valence-corrected chi connectivity index (χ4v) is 3.92. The fraction of sp³-hybridized carbons (Fsp3) is 0.480. The lowest BCUT2D eigenvalue weighted by Crippen LogP contribution is -2.33. The van der Waals surface area contributed by atoms with E-state index in [4.69, 9.17) is 9.73 Å². The van der Waals surface area contributed by atoms with Gasteiger partial charge in [0.15, 0.2) is 0 Å². The maximum Gasteiger partial charge on any atom is 0.0859 e. The van der Waals surface area contributed by atoms with Crippen LogP contribution in [0.25, 0.3) is 0 Å². The number of ether oxygens (including phenoxy) is 1. The van der Waals surface area contributed by atoms with E-state index in [1.165, 1.54) is 16.7 Å². The molecular formula is C25H34N2O. The molecule has 0 saturated carbocycles. The van der Waals surface area contributed by atoms with Crippen LogP contribution in [0.3, 0.4) is 0 Å². The largest absolute Gasteiger partial charge is 0.382 e. The first-order valence-corrected chi connectivity index (χ1v) is 10.4. The Bertz CT molecular complexity index is 764. The second-order valence-corrected chi connectivity index (χ2v) is 8.85. The van der Waals surface area contributed by atoms with Gasteiger partial charge in [-0.1, -0.05) is 75.4 Å². The van der Waals surface area contributed by atoms with E-state index >= 15 is 0 Å². The van der Waals surface area contributed by atoms with Crippen LogP contribution >= 0.6 is 0 Å². The average Bonchev–Trinajstić information content (AvgIpc) is 2.85. The monoisotopic (exact) mass is 378 g/mol. The van der Waals surface area contributed by atoms with Crippen molar-refractivity contribution in [2.75, 3.05) is 20.3 Å². The smallest absolute Gasteiger partial charge is 0.0859 e. The summed E-state index contributed by atoms with van der Waals surface area (Å²) in [7, 11) is 1.76. The summed E-state index contributed by atoms with van der Waals surface area (Å²) >= 11 is 0. The summed E-state index contributed by atoms with van der Waals surface area (Å²) in [5, 5.41) is 0. The van der Waals surface area contributed by atoms with Crippen molar-refractivity contribution in [1.29, 1.82) is 0 Å². The Balaban J connectivity index is 1.91. The predicted octanol–water partition coefficient (Wildman–Crippen LogP) is 5.31. The molecule has 150 valence electrons. The third-order valence-corrected chi connectivity index (χ3v) is 5.67. The maximum atomic E-state index is 5.44. The number of benzene rings is 2. The van der Waals surface area contributed by atoms with Gasteiger partial charge in [-0.15, -0.1) is 0 Å². The molecule has 0 aliphatic carbocycles. The molecule has 0 amide bonds. The minimum absolute atomic E-state index is 0.0746. The molecule has 0 unspecified atom stereocenters. The average molecular weight is 379 g/mol. The molecule has 0 spiro atoms. The molecule has 0 N–H and O–H groups in total. The molecular weight excluding hydrogens is 344 g/mol. The van der Waals surface area contributed by atoms with Crippen molar-refractivity contribution in [3.63, 3.8) is 0 Å². The molecule has 0 bridgehead atoms. The van der Waals surface area contributed by atoms with Crippen molar-refractivity contribution in [1.82, 2.24) is 4.90 Å². The zero-order valence-corrected chi connectivity index (χ0v) is 17.8. The highest BCUT2D eigenvalue weighted by molar-refractivity contribution is 5.57. The lowest BCUT2D eigenvalue weighted by Gasteiger charge is -2.32. The van der Waals surface area contributed by atoms with E-state index in [-0.39, 0.29) is 11.5 Å². The molecule has 2 aromatic carbocycles. The van der Waals surface area contributed by atoms with E-state index in [1.807, 2.05) is 0 Å². The molecule has 3 heteroatoms. The van der Waals surface area contributed by atoms with Gasteiger partial charge in [0.1, 0.15) is 0 Å². The molecule has 2 aromatic rings. The van der Waals surface area contributed by atoms with Crippen LogP contribution in [0, 0.1) is 5.41 Å². The number of methoxy groups -OCH3 is 1. The van der Waals surface area contributed by atoms with Gasteiger partial charge in [0.2, 0.25) is 0 Å². The summed E-state index contributed by atoms with van der Waals surface area (Å²) in [6.45, 7) is 8.36. The van der Waals surface area contributed by atoms with E-state index in [0.717, 1.165) is 25.8 Å². The molecule has 3 nitrogen and oxygen atoms in total. The summed E-state index contributed by atoms with van der Waals surface area (Å²) in [5.74, 6) is 0. The van der Waals surface area contributed by atoms with Crippen molar-refractivity contribution >= 4 is 6.34 Å². The van der Waals surface area contributed by atoms with Crippen LogP contribution in [0.2, 0.25) is 0 Å². The normalized spacial score (nSPS) is 18.7. The van der Waals surface area contributed by atoms with E-state index in [2.05, 4.69) is 86.6 Å². The quantitative estimate of drug-likeness (QED) is 0.503. The number of fused-ring (bicyclic) bond motifs is 1. The van der Waals surface area contributed by atoms with Gasteiger partial charge in [0.05, 0.1) is 25.0 Å². The van der Waals surface area contributed by atoms with Gasteiger partial charge >= 0.3 is 0 Å². The first-order valence-electron chi connectivity index (χ1n) is 10.4. The minimum atomic E-state index is 0.0746. The van der Waals surface area contributed by atoms with E-state index in [9.17, 15) is 0 Å². The van der Waals surface area contributed by atoms with Crippen LogP contribution in [-0.4, -0.2) is 37.5 Å². The van der Waals surface area contributed by atoms with Crippen molar-refractivity contribution in [3.05, 3.63) is 71.3 Å². The van der Waals surface area contributed by atoms with Gasteiger partial charge in [-0.05, 0) is 41.4 Å². The number of rotatable bonds is 6. The van der Waals surface area contributed by atoms with Crippen molar-refractivity contribution in [2.45, 2.75) is 52.1 Å². The van der Waals surface area contributed by atoms with Crippen LogP contribution in [-0.2, 0) is 17.6 Å². The fourth-order valence-electron chi connectivity index (χ4n) is 3.92. The van der Waals surface area contributed by atoms with Gasteiger partial charge in [-0.25, -0.2) is 0 Å². The molecule has 1 aliphatic heterocycles. The van der Waals surface area contributed by atoms with Crippen LogP contribution in [0.1, 0.15) is 49.9 Å². The summed E-state index contributed by atoms with van der Waals surface area (Å²) < 4.78 is 5.44. The second kappa shape index (κ2) is 9.38. The molecule has 0 radical (unpaired) electrons. The number of aliphatic imine (C=N–C) groups is 1. The van der Waals surface area contributed by atoms with E-state index < -0.39 is 0 Å². The van der Waals surface area contributed by atoms with E-state index in [0.29, 0.717) is 12.6 Å². The number of hydrogen-bond acceptors (Lipinski definition) is 2. The highest BCUT2D eigenvalue weighted by atomic mass is 16.5. The number of nitrogens with zero attached hydrogens (tertiary/aromatic N) is 2. The number of aryl methyl sites for hydroxylation is 1. The molecule has 1 aliphatic rings. The Morgan fingerprint density at radius 3 is 2.54 bits per heavy atom. The molecule has 0 fully saturated rings. The van der Waals surface area contributed by atoms with Crippen molar-refractivity contribution < 1.29 is 4.74 Å². The highest BCUT2D eigenvalue weighted by Gasteiger charge is 2.26. The molecule has 28 heavy (non-hydrogen) atoms. The SMILES string of the molecule is COC[C@@H](N=CN1CCCc2ccccc2[C@@H]1Cc1ccccc1)C(C)(C)C. The van der Waals surface area contributed by atoms with Gasteiger partial charge in [0.25, 0.3) is 0 Å². The minimum Gasteiger partial charge on any atom is -0.382 e. The second-order valence-electron chi connectivity index (χ2n) is 8.85. The Kier molecular flexibility index (Phi) is 6.90. The summed E-state index contributed by atoms with van der Waals surface area (Å²) in [6.07, 6.45) is 5.38. The van der Waals surface area contributed by atoms with Gasteiger partial charge < -0.3 is 9.64 Å². The highest BCUT2D eigenvalue weighted by Crippen LogP contribution is 2.31. The van der Waals surface area contributed by atoms with Crippen LogP contribution < -0.4 is 0 Å². The third kappa shape index (κ3) is 5.23. The number of hydrogen-bond donors (Lipinski definition) is 0. The van der Waals surface area contributed by atoms with Gasteiger partial charge in [-0.2, -0.15) is 0 Å². The van der Waals surface area contributed by atoms with Gasteiger partial charge in [-0.3, -0.25) is 4.99 Å². The summed E-state index contributed by atoms with van der Waals surface area (Å²) in [6, 6.07) is 20.2. The standard InChI is InChI=1S/C25H34N2O/c1-25(2,3)24(18-28-4)26-19-27-16-10-14-21-13-8-9-15-22(21)23(27)17-20-11-6-5-7-12-20/h5-9,11-13,15,19,23-24H,10,14,16-18H2,1-4H3/t23-,24+/m0/s1. The first-order chi connectivity index (χ1) is 13.5. The lowest BCUT2D eigenvalue weighted by atomic mass is 9.88. The molecule has 1 heterocycles. The van der Waals surface area contributed by atoms with Crippen LogP contribution in [0.4, 0.5) is 0 Å². The Hall–Kier alpha value is -2.13. The predicted molar refractivity (Wildman–Crippen MR) is 118 cm³/mol. The van der Waals surface area contributed by atoms with Crippen molar-refractivity contribution in [3.8, 4) is 0 Å². The zero-order chi connectivity index (χ0) is 20.0. The van der Waals surface area contributed by atoms with Gasteiger partial charge in [0, 0.05) is 13.7 Å². The third-order valence-electron chi connectivity index (χ3n) is 5.67. The zero-order valence-electron chi connectivity index (χ0n) is 17.8. The summed E-state index contributed by atoms with van der Waals surface area (Å²) in [4.78, 5) is 7.44. The molecule has 2 atom stereocenters. The first kappa shape index (κ1) is 20.6. The topological polar surface area (TPSA) is 24.8 Å². The molecule has 0 aromatic heterocycles. The Labute approximate surface area is 170 Å². The van der Waals surface area contributed by atoms with E-state index in [1.54, 1.807) is 7.11 Å². The maximum absolute atomic E-state index is 5.44. The summed E-state index contributed by atoms with van der Waals surface area (Å²) in [5.41, 5.74) is 4.36. The van der Waals surface area contributed by atoms with Crippen molar-refractivity contribution in [2.24, 2.45) is 10.4 Å². The lowest BCUT2D eigenvalue weighted by molar-refractivity contribution is 0.135. The molecule has 0 saturated heterocycles.